The maximum Gasteiger partial charge on any atom is 1.00 e. The van der Waals surface area contributed by atoms with E-state index >= 15 is 0 Å². The van der Waals surface area contributed by atoms with Gasteiger partial charge >= 0.3 is 105 Å². The zero-order valence-electron chi connectivity index (χ0n) is 40.5. The number of benzene rings is 3. The zero-order chi connectivity index (χ0) is 50.0. The van der Waals surface area contributed by atoms with Crippen molar-refractivity contribution in [1.29, 1.82) is 0 Å². The van der Waals surface area contributed by atoms with Crippen LogP contribution in [0.15, 0.2) is 117 Å². The van der Waals surface area contributed by atoms with Crippen molar-refractivity contribution in [2.45, 2.75) is 107 Å². The topological polar surface area (TPSA) is 272 Å². The molecule has 2 heterocycles. The predicted molar refractivity (Wildman–Crippen MR) is 242 cm³/mol. The molecule has 0 bridgehead atoms. The molecule has 0 saturated heterocycles. The van der Waals surface area contributed by atoms with Crippen LogP contribution in [-0.2, 0) is 61.4 Å². The fourth-order valence-corrected chi connectivity index (χ4v) is 9.95. The quantitative estimate of drug-likeness (QED) is 0.0464. The van der Waals surface area contributed by atoms with Crippen molar-refractivity contribution in [3.63, 3.8) is 0 Å². The zero-order valence-corrected chi connectivity index (χ0v) is 49.8. The first kappa shape index (κ1) is 65.6. The molecule has 0 amide bonds. The van der Waals surface area contributed by atoms with Crippen LogP contribution in [0.25, 0.3) is 0 Å². The number of hydrogen-bond donors (Lipinski definition) is 0. The van der Waals surface area contributed by atoms with E-state index in [0.717, 1.165) is 70.7 Å². The first-order chi connectivity index (χ1) is 31.3. The Morgan fingerprint density at radius 2 is 1.39 bits per heavy atom. The molecule has 0 spiro atoms. The van der Waals surface area contributed by atoms with Crippen LogP contribution in [0, 0.1) is 6.07 Å². The number of rotatable bonds is 16. The fourth-order valence-electron chi connectivity index (χ4n) is 8.43. The Morgan fingerprint density at radius 1 is 0.786 bits per heavy atom. The van der Waals surface area contributed by atoms with Gasteiger partial charge in [0.25, 0.3) is 0 Å². The van der Waals surface area contributed by atoms with Crippen molar-refractivity contribution in [2.24, 2.45) is 0 Å². The van der Waals surface area contributed by atoms with Crippen LogP contribution in [0.1, 0.15) is 97.1 Å². The van der Waals surface area contributed by atoms with Gasteiger partial charge in [-0.15, -0.1) is 18.7 Å². The third-order valence-corrected chi connectivity index (χ3v) is 14.1. The summed E-state index contributed by atoms with van der Waals surface area (Å²) in [5.74, 6) is 0.456. The summed E-state index contributed by atoms with van der Waals surface area (Å²) in [7, 11) is -16.8. The van der Waals surface area contributed by atoms with Crippen molar-refractivity contribution >= 4 is 64.2 Å². The largest absolute Gasteiger partial charge is 1.00 e. The summed E-state index contributed by atoms with van der Waals surface area (Å²) in [4.78, 5) is 17.8. The molecule has 3 aromatic rings. The standard InChI is InChI=1S/C45H54N2O10S3.CO2.3Na.O3S/c1-6-7-10-28-47-40-25-24-36(60(54,55)56)31-38(40)45(4,5)42(47)27-19-33-15-13-14-32(43(33)57-34-20-22-35(23-21-34)59(51,52)53)18-26-41-44(2,3)37-16-8-9-17-39(37)46(41)29-11-12-30-58(48,49)50;2-1-3;;;;1-4(2)3/h9,16-27,31H,6-7,10-15,28-30H2,1-5H3,(H,48,49,50)(H,51,52,53)(H,54,55,56);;;;;/q;;3*+1;/p-3. The predicted octanol–water partition coefficient (Wildman–Crippen LogP) is -2.71. The molecule has 0 aromatic heterocycles. The molecule has 1 aliphatic carbocycles. The van der Waals surface area contributed by atoms with Crippen molar-refractivity contribution in [1.82, 2.24) is 0 Å². The number of ether oxygens (including phenoxy) is 1. The van der Waals surface area contributed by atoms with Gasteiger partial charge in [0, 0.05) is 47.0 Å². The summed E-state index contributed by atoms with van der Waals surface area (Å²) >= 11 is 0. The first-order valence-corrected chi connectivity index (χ1v) is 26.5. The molecule has 70 heavy (non-hydrogen) atoms. The molecule has 0 unspecified atom stereocenters. The SMILES string of the molecule is CCCCCN1C(=CC=C2CCCC(C=CC3=[N+](CCCCS(=O)(=O)[O-])c4cc[c-]cc4C3(C)C)=C2Oc2ccc(S(=O)(=O)[O-])cc2)C(C)(C)c2cc(S(=O)(=O)[O-])ccc21.O=C=O.O=S(=O)=O.[Na+].[Na+].[Na+]. The van der Waals surface area contributed by atoms with E-state index in [9.17, 15) is 38.9 Å². The van der Waals surface area contributed by atoms with E-state index in [0.29, 0.717) is 43.9 Å². The summed E-state index contributed by atoms with van der Waals surface area (Å²) in [6.07, 6.45) is 14.0. The van der Waals surface area contributed by atoms with Crippen molar-refractivity contribution in [3.05, 3.63) is 125 Å². The number of anilines is 1. The number of allylic oxidation sites excluding steroid dienone is 7. The smallest absolute Gasteiger partial charge is 0.748 e. The van der Waals surface area contributed by atoms with E-state index in [-0.39, 0.29) is 111 Å². The molecule has 0 saturated carbocycles. The fraction of sp³-hybridized carbons (Fsp3) is 0.391. The maximum absolute atomic E-state index is 12.1. The molecule has 6 rings (SSSR count). The molecule has 17 nitrogen and oxygen atoms in total. The van der Waals surface area contributed by atoms with Crippen LogP contribution in [0.4, 0.5) is 11.4 Å². The minimum absolute atomic E-state index is 0. The van der Waals surface area contributed by atoms with Gasteiger partial charge in [0.1, 0.15) is 44.0 Å². The van der Waals surface area contributed by atoms with Crippen LogP contribution in [-0.4, -0.2) is 86.8 Å². The van der Waals surface area contributed by atoms with E-state index in [1.807, 2.05) is 56.4 Å². The third-order valence-electron chi connectivity index (χ3n) is 11.6. The molecule has 24 heteroatoms. The Kier molecular flexibility index (Phi) is 26.6. The number of nitrogens with zero attached hydrogens (tertiary/aromatic N) is 2. The molecule has 362 valence electrons. The van der Waals surface area contributed by atoms with Crippen LogP contribution < -0.4 is 98.3 Å². The number of hydrogen-bond acceptors (Lipinski definition) is 16. The Labute approximate surface area is 478 Å². The maximum atomic E-state index is 12.1. The van der Waals surface area contributed by atoms with E-state index < -0.39 is 57.5 Å². The van der Waals surface area contributed by atoms with Gasteiger partial charge in [0.2, 0.25) is 0 Å². The second-order valence-electron chi connectivity index (χ2n) is 16.8. The monoisotopic (exact) mass is 1070 g/mol. The van der Waals surface area contributed by atoms with Gasteiger partial charge in [-0.3, -0.25) is 0 Å². The van der Waals surface area contributed by atoms with E-state index in [4.69, 9.17) is 27.0 Å². The third kappa shape index (κ3) is 17.6. The Balaban J connectivity index is 0.00000230. The summed E-state index contributed by atoms with van der Waals surface area (Å²) in [5.41, 5.74) is 6.10. The van der Waals surface area contributed by atoms with Gasteiger partial charge in [-0.25, -0.2) is 29.8 Å². The molecule has 0 radical (unpaired) electrons. The summed E-state index contributed by atoms with van der Waals surface area (Å²) in [6.45, 7) is 11.5. The van der Waals surface area contributed by atoms with E-state index in [2.05, 4.69) is 36.3 Å². The Bertz CT molecular complexity index is 2990. The van der Waals surface area contributed by atoms with Gasteiger partial charge in [0.15, 0.2) is 5.71 Å². The summed E-state index contributed by atoms with van der Waals surface area (Å²) in [5, 5.41) is 0. The summed E-state index contributed by atoms with van der Waals surface area (Å²) in [6, 6.07) is 18.8. The molecular weight excluding hydrogens is 1020 g/mol. The molecule has 0 atom stereocenters. The molecule has 0 fully saturated rings. The van der Waals surface area contributed by atoms with Crippen LogP contribution in [0.2, 0.25) is 0 Å². The second-order valence-corrected chi connectivity index (χ2v) is 21.5. The molecular formula is C46H51N2Na3O15S4. The van der Waals surface area contributed by atoms with Gasteiger partial charge < -0.3 is 23.3 Å². The number of fused-ring (bicyclic) bond motifs is 2. The van der Waals surface area contributed by atoms with Crippen molar-refractivity contribution < 1.29 is 159 Å². The Hall–Kier alpha value is -2.38. The molecule has 0 N–H and O–H groups in total. The molecule has 2 aliphatic heterocycles. The van der Waals surface area contributed by atoms with Crippen molar-refractivity contribution in [3.8, 4) is 5.75 Å². The minimum Gasteiger partial charge on any atom is -0.748 e. The average Bonchev–Trinajstić information content (AvgIpc) is 3.58. The van der Waals surface area contributed by atoms with Crippen molar-refractivity contribution in [2.75, 3.05) is 23.7 Å². The van der Waals surface area contributed by atoms with Crippen LogP contribution in [0.3, 0.4) is 0 Å². The normalized spacial score (nSPS) is 16.9. The van der Waals surface area contributed by atoms with Crippen LogP contribution >= 0.6 is 0 Å². The van der Waals surface area contributed by atoms with E-state index in [1.165, 1.54) is 36.4 Å². The van der Waals surface area contributed by atoms with Gasteiger partial charge in [-0.1, -0.05) is 59.1 Å². The molecule has 3 aliphatic rings. The van der Waals surface area contributed by atoms with Gasteiger partial charge in [-0.05, 0) is 103 Å². The first-order valence-electron chi connectivity index (χ1n) is 21.1. The van der Waals surface area contributed by atoms with Gasteiger partial charge in [0.05, 0.1) is 19.9 Å². The number of carbonyl (C=O) groups excluding carboxylic acids is 2. The van der Waals surface area contributed by atoms with E-state index in [1.54, 1.807) is 6.07 Å². The average molecular weight is 1070 g/mol. The van der Waals surface area contributed by atoms with Crippen LogP contribution in [0.5, 0.6) is 5.75 Å². The Morgan fingerprint density at radius 3 is 1.96 bits per heavy atom. The summed E-state index contributed by atoms with van der Waals surface area (Å²) < 4.78 is 140. The van der Waals surface area contributed by atoms with Gasteiger partial charge in [-0.2, -0.15) is 27.8 Å². The molecule has 3 aromatic carbocycles. The number of unbranched alkanes of at least 4 members (excludes halogenated alkanes) is 3. The second kappa shape index (κ2) is 28.3. The minimum atomic E-state index is -4.68.